The molecule has 1 aromatic rings. The van der Waals surface area contributed by atoms with Crippen LogP contribution < -0.4 is 5.32 Å². The van der Waals surface area contributed by atoms with Crippen molar-refractivity contribution < 1.29 is 4.79 Å². The molecule has 1 aliphatic heterocycles. The third kappa shape index (κ3) is 2.51. The van der Waals surface area contributed by atoms with Crippen molar-refractivity contribution in [3.63, 3.8) is 0 Å². The Balaban J connectivity index is 2.09. The van der Waals surface area contributed by atoms with Crippen LogP contribution in [0, 0.1) is 5.92 Å². The number of ketones is 1. The predicted octanol–water partition coefficient (Wildman–Crippen LogP) is 2.32. The topological polar surface area (TPSA) is 29.1 Å². The van der Waals surface area contributed by atoms with Gasteiger partial charge in [0.25, 0.3) is 0 Å². The molecule has 0 unspecified atom stereocenters. The summed E-state index contributed by atoms with van der Waals surface area (Å²) in [6.45, 7) is 1.58. The van der Waals surface area contributed by atoms with Gasteiger partial charge in [-0.05, 0) is 23.8 Å². The maximum absolute atomic E-state index is 11.7. The molecule has 0 aliphatic carbocycles. The number of hydrogen-bond donors (Lipinski definition) is 1. The highest BCUT2D eigenvalue weighted by molar-refractivity contribution is 6.33. The van der Waals surface area contributed by atoms with Crippen molar-refractivity contribution >= 4 is 29.0 Å². The number of Topliss-reactive ketones (excluding diaryl/α,β-unsaturated/α-hetero) is 1. The Labute approximate surface area is 98.6 Å². The molecule has 2 nitrogen and oxygen atoms in total. The lowest BCUT2D eigenvalue weighted by Crippen LogP contribution is -2.47. The third-order valence-corrected chi connectivity index (χ3v) is 3.21. The molecular formula is C11H11Cl2NO. The molecule has 80 valence electrons. The molecule has 0 bridgehead atoms. The average molecular weight is 244 g/mol. The van der Waals surface area contributed by atoms with Gasteiger partial charge in [0.2, 0.25) is 0 Å². The number of halogens is 2. The van der Waals surface area contributed by atoms with E-state index in [0.29, 0.717) is 16.5 Å². The van der Waals surface area contributed by atoms with Crippen LogP contribution in [0.3, 0.4) is 0 Å². The molecule has 15 heavy (non-hydrogen) atoms. The SMILES string of the molecule is O=C(Cc1cc(Cl)ccc1Cl)C1CNC1. The monoisotopic (exact) mass is 243 g/mol. The van der Waals surface area contributed by atoms with E-state index in [9.17, 15) is 4.79 Å². The van der Waals surface area contributed by atoms with Crippen LogP contribution in [0.25, 0.3) is 0 Å². The van der Waals surface area contributed by atoms with Crippen LogP contribution in [-0.4, -0.2) is 18.9 Å². The van der Waals surface area contributed by atoms with Gasteiger partial charge in [-0.15, -0.1) is 0 Å². The summed E-state index contributed by atoms with van der Waals surface area (Å²) >= 11 is 11.8. The van der Waals surface area contributed by atoms with E-state index in [4.69, 9.17) is 23.2 Å². The van der Waals surface area contributed by atoms with E-state index in [-0.39, 0.29) is 11.7 Å². The molecule has 0 atom stereocenters. The molecule has 0 radical (unpaired) electrons. The molecule has 1 N–H and O–H groups in total. The van der Waals surface area contributed by atoms with Gasteiger partial charge in [-0.2, -0.15) is 0 Å². The second-order valence-corrected chi connectivity index (χ2v) is 4.58. The highest BCUT2D eigenvalue weighted by atomic mass is 35.5. The smallest absolute Gasteiger partial charge is 0.142 e. The first-order chi connectivity index (χ1) is 7.16. The number of carbonyl (C=O) groups excluding carboxylic acids is 1. The fraction of sp³-hybridized carbons (Fsp3) is 0.364. The van der Waals surface area contributed by atoms with Crippen molar-refractivity contribution in [1.29, 1.82) is 0 Å². The summed E-state index contributed by atoms with van der Waals surface area (Å²) in [5, 5.41) is 4.30. The predicted molar refractivity (Wildman–Crippen MR) is 61.5 cm³/mol. The Kier molecular flexibility index (Phi) is 3.29. The molecule has 0 spiro atoms. The van der Waals surface area contributed by atoms with E-state index in [2.05, 4.69) is 5.32 Å². The molecule has 0 aromatic heterocycles. The second kappa shape index (κ2) is 4.52. The van der Waals surface area contributed by atoms with Crippen LogP contribution >= 0.6 is 23.2 Å². The van der Waals surface area contributed by atoms with E-state index < -0.39 is 0 Å². The maximum atomic E-state index is 11.7. The Morgan fingerprint density at radius 1 is 1.40 bits per heavy atom. The summed E-state index contributed by atoms with van der Waals surface area (Å²) in [5.41, 5.74) is 0.820. The van der Waals surface area contributed by atoms with Crippen molar-refractivity contribution in [3.05, 3.63) is 33.8 Å². The summed E-state index contributed by atoms with van der Waals surface area (Å²) in [6.07, 6.45) is 0.381. The Hall–Kier alpha value is -0.570. The molecule has 1 aliphatic rings. The Bertz CT molecular complexity index is 388. The van der Waals surface area contributed by atoms with Gasteiger partial charge >= 0.3 is 0 Å². The van der Waals surface area contributed by atoms with Crippen molar-refractivity contribution in [2.24, 2.45) is 5.92 Å². The Morgan fingerprint density at radius 3 is 2.73 bits per heavy atom. The lowest BCUT2D eigenvalue weighted by Gasteiger charge is -2.25. The molecule has 1 heterocycles. The number of nitrogens with one attached hydrogen (secondary N) is 1. The van der Waals surface area contributed by atoms with Crippen molar-refractivity contribution in [2.75, 3.05) is 13.1 Å². The molecule has 1 fully saturated rings. The van der Waals surface area contributed by atoms with Crippen molar-refractivity contribution in [1.82, 2.24) is 5.32 Å². The summed E-state index contributed by atoms with van der Waals surface area (Å²) < 4.78 is 0. The molecule has 1 aromatic carbocycles. The first-order valence-corrected chi connectivity index (χ1v) is 5.60. The highest BCUT2D eigenvalue weighted by Gasteiger charge is 2.25. The summed E-state index contributed by atoms with van der Waals surface area (Å²) in [6, 6.07) is 5.21. The van der Waals surface area contributed by atoms with E-state index in [1.54, 1.807) is 18.2 Å². The first-order valence-electron chi connectivity index (χ1n) is 4.84. The summed E-state index contributed by atoms with van der Waals surface area (Å²) in [5.74, 6) is 0.387. The molecule has 0 saturated carbocycles. The zero-order valence-corrected chi connectivity index (χ0v) is 9.61. The van der Waals surface area contributed by atoms with Crippen LogP contribution in [0.15, 0.2) is 18.2 Å². The van der Waals surface area contributed by atoms with Crippen molar-refractivity contribution in [3.8, 4) is 0 Å². The van der Waals surface area contributed by atoms with Gasteiger partial charge in [0.05, 0.1) is 0 Å². The summed E-state index contributed by atoms with van der Waals surface area (Å²) in [7, 11) is 0. The third-order valence-electron chi connectivity index (χ3n) is 2.61. The zero-order valence-electron chi connectivity index (χ0n) is 8.09. The Morgan fingerprint density at radius 2 is 2.13 bits per heavy atom. The first kappa shape index (κ1) is 10.9. The molecule has 0 amide bonds. The lowest BCUT2D eigenvalue weighted by atomic mass is 9.93. The zero-order chi connectivity index (χ0) is 10.8. The maximum Gasteiger partial charge on any atom is 0.142 e. The fourth-order valence-electron chi connectivity index (χ4n) is 1.53. The van der Waals surface area contributed by atoms with E-state index >= 15 is 0 Å². The van der Waals surface area contributed by atoms with Crippen LogP contribution in [0.2, 0.25) is 10.0 Å². The number of benzene rings is 1. The summed E-state index contributed by atoms with van der Waals surface area (Å²) in [4.78, 5) is 11.7. The van der Waals surface area contributed by atoms with Gasteiger partial charge < -0.3 is 5.32 Å². The van der Waals surface area contributed by atoms with Crippen LogP contribution in [0.5, 0.6) is 0 Å². The normalized spacial score (nSPS) is 16.1. The number of hydrogen-bond acceptors (Lipinski definition) is 2. The number of carbonyl (C=O) groups is 1. The van der Waals surface area contributed by atoms with E-state index in [0.717, 1.165) is 18.7 Å². The van der Waals surface area contributed by atoms with E-state index in [1.807, 2.05) is 0 Å². The highest BCUT2D eigenvalue weighted by Crippen LogP contribution is 2.22. The van der Waals surface area contributed by atoms with Gasteiger partial charge in [0, 0.05) is 35.5 Å². The van der Waals surface area contributed by atoms with Gasteiger partial charge in [-0.25, -0.2) is 0 Å². The van der Waals surface area contributed by atoms with Crippen LogP contribution in [0.1, 0.15) is 5.56 Å². The van der Waals surface area contributed by atoms with E-state index in [1.165, 1.54) is 0 Å². The second-order valence-electron chi connectivity index (χ2n) is 3.73. The van der Waals surface area contributed by atoms with Crippen LogP contribution in [0.4, 0.5) is 0 Å². The lowest BCUT2D eigenvalue weighted by molar-refractivity contribution is -0.123. The standard InChI is InChI=1S/C11H11Cl2NO/c12-9-1-2-10(13)7(3-9)4-11(15)8-5-14-6-8/h1-3,8,14H,4-6H2. The fourth-order valence-corrected chi connectivity index (χ4v) is 1.91. The molecule has 4 heteroatoms. The number of rotatable bonds is 3. The van der Waals surface area contributed by atoms with Gasteiger partial charge in [-0.1, -0.05) is 23.2 Å². The average Bonchev–Trinajstić information content (AvgIpc) is 2.08. The molecule has 2 rings (SSSR count). The van der Waals surface area contributed by atoms with Gasteiger partial charge in [0.1, 0.15) is 5.78 Å². The van der Waals surface area contributed by atoms with Crippen molar-refractivity contribution in [2.45, 2.75) is 6.42 Å². The quantitative estimate of drug-likeness (QED) is 0.884. The largest absolute Gasteiger partial charge is 0.315 e. The van der Waals surface area contributed by atoms with Crippen LogP contribution in [-0.2, 0) is 11.2 Å². The molecule has 1 saturated heterocycles. The minimum atomic E-state index is 0.153. The molecular weight excluding hydrogens is 233 g/mol. The minimum absolute atomic E-state index is 0.153. The minimum Gasteiger partial charge on any atom is -0.315 e. The van der Waals surface area contributed by atoms with Gasteiger partial charge in [0.15, 0.2) is 0 Å². The van der Waals surface area contributed by atoms with Gasteiger partial charge in [-0.3, -0.25) is 4.79 Å².